The predicted molar refractivity (Wildman–Crippen MR) is 88.4 cm³/mol. The first-order valence-electron chi connectivity index (χ1n) is 8.13. The summed E-state index contributed by atoms with van der Waals surface area (Å²) in [5.74, 6) is 0. The van der Waals surface area contributed by atoms with E-state index in [1.54, 1.807) is 0 Å². The highest BCUT2D eigenvalue weighted by molar-refractivity contribution is 5.55. The van der Waals surface area contributed by atoms with E-state index in [-0.39, 0.29) is 0 Å². The summed E-state index contributed by atoms with van der Waals surface area (Å²) in [5, 5.41) is 3.30. The van der Waals surface area contributed by atoms with Crippen LogP contribution in [0.1, 0.15) is 50.7 Å². The molecule has 1 N–H and O–H groups in total. The Balaban J connectivity index is 2.14. The minimum atomic E-state index is 0.602. The van der Waals surface area contributed by atoms with Crippen molar-refractivity contribution in [3.63, 3.8) is 0 Å². The summed E-state index contributed by atoms with van der Waals surface area (Å²) in [5.41, 5.74) is 4.83. The maximum absolute atomic E-state index is 3.30. The number of anilines is 1. The van der Waals surface area contributed by atoms with Gasteiger partial charge >= 0.3 is 0 Å². The van der Waals surface area contributed by atoms with E-state index >= 15 is 0 Å². The number of hydrogen-bond acceptors (Lipinski definition) is 2. The van der Waals surface area contributed by atoms with Gasteiger partial charge in [-0.1, -0.05) is 44.4 Å². The topological polar surface area (TPSA) is 15.3 Å². The van der Waals surface area contributed by atoms with Gasteiger partial charge in [-0.15, -0.1) is 0 Å². The molecule has 2 nitrogen and oxygen atoms in total. The minimum absolute atomic E-state index is 0.602. The lowest BCUT2D eigenvalue weighted by molar-refractivity contribution is 0.199. The molecular formula is C18H30N2. The molecule has 0 amide bonds. The lowest BCUT2D eigenvalue weighted by Crippen LogP contribution is -2.40. The van der Waals surface area contributed by atoms with Crippen LogP contribution in [-0.4, -0.2) is 20.1 Å². The maximum Gasteiger partial charge on any atom is 0.0412 e. The molecule has 20 heavy (non-hydrogen) atoms. The van der Waals surface area contributed by atoms with Crippen LogP contribution in [0.2, 0.25) is 0 Å². The molecule has 0 unspecified atom stereocenters. The van der Waals surface area contributed by atoms with Crippen LogP contribution < -0.4 is 10.2 Å². The van der Waals surface area contributed by atoms with Gasteiger partial charge in [0.25, 0.3) is 0 Å². The molecule has 0 radical (unpaired) electrons. The van der Waals surface area contributed by atoms with Gasteiger partial charge in [0.05, 0.1) is 0 Å². The molecule has 112 valence electrons. The molecule has 2 heteroatoms. The highest BCUT2D eigenvalue weighted by Crippen LogP contribution is 2.39. The van der Waals surface area contributed by atoms with Crippen LogP contribution in [0.5, 0.6) is 0 Å². The van der Waals surface area contributed by atoms with Gasteiger partial charge in [-0.25, -0.2) is 0 Å². The van der Waals surface area contributed by atoms with E-state index in [2.05, 4.69) is 49.2 Å². The van der Waals surface area contributed by atoms with E-state index in [1.807, 2.05) is 7.05 Å². The van der Waals surface area contributed by atoms with Crippen LogP contribution in [0.4, 0.5) is 5.69 Å². The van der Waals surface area contributed by atoms with Crippen molar-refractivity contribution < 1.29 is 0 Å². The number of piperidine rings is 1. The molecule has 1 saturated heterocycles. The van der Waals surface area contributed by atoms with E-state index in [4.69, 9.17) is 0 Å². The molecular weight excluding hydrogens is 244 g/mol. The van der Waals surface area contributed by atoms with Crippen molar-refractivity contribution >= 4 is 5.69 Å². The van der Waals surface area contributed by atoms with E-state index in [0.717, 1.165) is 6.54 Å². The fourth-order valence-electron chi connectivity index (χ4n) is 3.53. The Kier molecular flexibility index (Phi) is 5.09. The zero-order valence-corrected chi connectivity index (χ0v) is 13.6. The largest absolute Gasteiger partial charge is 0.371 e. The summed E-state index contributed by atoms with van der Waals surface area (Å²) < 4.78 is 0. The second-order valence-corrected chi connectivity index (χ2v) is 6.36. The van der Waals surface area contributed by atoms with Crippen LogP contribution in [0.25, 0.3) is 0 Å². The Bertz CT molecular complexity index is 425. The average Bonchev–Trinajstić information content (AvgIpc) is 2.48. The van der Waals surface area contributed by atoms with Gasteiger partial charge in [-0.05, 0) is 43.9 Å². The summed E-state index contributed by atoms with van der Waals surface area (Å²) in [7, 11) is 2.03. The Morgan fingerprint density at radius 1 is 1.15 bits per heavy atom. The van der Waals surface area contributed by atoms with Crippen molar-refractivity contribution in [3.8, 4) is 0 Å². The third-order valence-corrected chi connectivity index (χ3v) is 5.27. The number of nitrogens with zero attached hydrogens (tertiary/aromatic N) is 1. The zero-order chi connectivity index (χ0) is 14.6. The molecule has 1 aliphatic heterocycles. The van der Waals surface area contributed by atoms with E-state index < -0.39 is 0 Å². The molecule has 0 aliphatic carbocycles. The Morgan fingerprint density at radius 2 is 1.80 bits per heavy atom. The summed E-state index contributed by atoms with van der Waals surface area (Å²) in [4.78, 5) is 2.59. The number of nitrogens with one attached hydrogen (secondary N) is 1. The monoisotopic (exact) mass is 274 g/mol. The van der Waals surface area contributed by atoms with Crippen LogP contribution in [0, 0.1) is 12.3 Å². The number of hydrogen-bond donors (Lipinski definition) is 1. The van der Waals surface area contributed by atoms with E-state index in [0.29, 0.717) is 5.41 Å². The second kappa shape index (κ2) is 6.62. The molecule has 1 heterocycles. The van der Waals surface area contributed by atoms with Gasteiger partial charge in [-0.3, -0.25) is 0 Å². The summed E-state index contributed by atoms with van der Waals surface area (Å²) in [6.45, 7) is 10.3. The second-order valence-electron chi connectivity index (χ2n) is 6.36. The lowest BCUT2D eigenvalue weighted by atomic mass is 9.74. The molecule has 1 fully saturated rings. The number of benzene rings is 1. The molecule has 1 aromatic rings. The smallest absolute Gasteiger partial charge is 0.0412 e. The normalized spacial score (nSPS) is 18.3. The molecule has 0 bridgehead atoms. The standard InChI is InChI=1S/C18H30N2/c1-5-18(6-2)9-11-20(12-10-18)17-8-7-15(3)13-16(17)14-19-4/h7-8,13,19H,5-6,9-12,14H2,1-4H3. The molecule has 0 spiro atoms. The van der Waals surface area contributed by atoms with Crippen molar-refractivity contribution in [2.75, 3.05) is 25.0 Å². The van der Waals surface area contributed by atoms with Crippen molar-refractivity contribution in [2.24, 2.45) is 5.41 Å². The van der Waals surface area contributed by atoms with Crippen molar-refractivity contribution in [2.45, 2.75) is 53.0 Å². The number of aryl methyl sites for hydroxylation is 1. The van der Waals surface area contributed by atoms with Crippen molar-refractivity contribution in [1.82, 2.24) is 5.32 Å². The minimum Gasteiger partial charge on any atom is -0.371 e. The summed E-state index contributed by atoms with van der Waals surface area (Å²) in [6, 6.07) is 6.89. The predicted octanol–water partition coefficient (Wildman–Crippen LogP) is 4.12. The molecule has 0 aromatic heterocycles. The zero-order valence-electron chi connectivity index (χ0n) is 13.6. The molecule has 0 saturated carbocycles. The first-order chi connectivity index (χ1) is 9.64. The van der Waals surface area contributed by atoms with E-state index in [1.165, 1.54) is 55.6 Å². The van der Waals surface area contributed by atoms with Crippen molar-refractivity contribution in [3.05, 3.63) is 29.3 Å². The first-order valence-corrected chi connectivity index (χ1v) is 8.13. The Hall–Kier alpha value is -1.02. The van der Waals surface area contributed by atoms with Gasteiger partial charge in [-0.2, -0.15) is 0 Å². The lowest BCUT2D eigenvalue weighted by Gasteiger charge is -2.42. The highest BCUT2D eigenvalue weighted by atomic mass is 15.1. The van der Waals surface area contributed by atoms with Crippen LogP contribution in [0.3, 0.4) is 0 Å². The van der Waals surface area contributed by atoms with Gasteiger partial charge in [0.15, 0.2) is 0 Å². The summed E-state index contributed by atoms with van der Waals surface area (Å²) in [6.07, 6.45) is 5.34. The van der Waals surface area contributed by atoms with Gasteiger partial charge in [0, 0.05) is 25.3 Å². The fourth-order valence-corrected chi connectivity index (χ4v) is 3.53. The third kappa shape index (κ3) is 3.17. The quantitative estimate of drug-likeness (QED) is 0.869. The van der Waals surface area contributed by atoms with Crippen LogP contribution in [-0.2, 0) is 6.54 Å². The molecule has 2 rings (SSSR count). The first kappa shape index (κ1) is 15.4. The average molecular weight is 274 g/mol. The molecule has 1 aromatic carbocycles. The Morgan fingerprint density at radius 3 is 2.35 bits per heavy atom. The van der Waals surface area contributed by atoms with Gasteiger partial charge < -0.3 is 10.2 Å². The fraction of sp³-hybridized carbons (Fsp3) is 0.667. The van der Waals surface area contributed by atoms with Crippen LogP contribution >= 0.6 is 0 Å². The van der Waals surface area contributed by atoms with E-state index in [9.17, 15) is 0 Å². The number of rotatable bonds is 5. The third-order valence-electron chi connectivity index (χ3n) is 5.27. The van der Waals surface area contributed by atoms with Gasteiger partial charge in [0.2, 0.25) is 0 Å². The SMILES string of the molecule is CCC1(CC)CCN(c2ccc(C)cc2CNC)CC1. The maximum atomic E-state index is 3.30. The molecule has 1 aliphatic rings. The highest BCUT2D eigenvalue weighted by Gasteiger charge is 2.31. The molecule has 0 atom stereocenters. The van der Waals surface area contributed by atoms with Gasteiger partial charge in [0.1, 0.15) is 0 Å². The van der Waals surface area contributed by atoms with Crippen molar-refractivity contribution in [1.29, 1.82) is 0 Å². The summed E-state index contributed by atoms with van der Waals surface area (Å²) >= 11 is 0. The Labute approximate surface area is 124 Å². The van der Waals surface area contributed by atoms with Crippen LogP contribution in [0.15, 0.2) is 18.2 Å².